The van der Waals surface area contributed by atoms with Crippen LogP contribution < -0.4 is 14.8 Å². The van der Waals surface area contributed by atoms with Crippen molar-refractivity contribution < 1.29 is 14.3 Å². The Morgan fingerprint density at radius 2 is 1.96 bits per heavy atom. The maximum atomic E-state index is 12.6. The van der Waals surface area contributed by atoms with Crippen molar-refractivity contribution in [1.29, 1.82) is 0 Å². The molecule has 124 valence electrons. The van der Waals surface area contributed by atoms with E-state index in [9.17, 15) is 4.79 Å². The molecule has 0 saturated carbocycles. The Morgan fingerprint density at radius 3 is 2.67 bits per heavy atom. The molecular weight excluding hydrogens is 306 g/mol. The molecule has 2 aliphatic rings. The van der Waals surface area contributed by atoms with Gasteiger partial charge in [-0.2, -0.15) is 0 Å². The summed E-state index contributed by atoms with van der Waals surface area (Å²) in [7, 11) is 3.23. The number of Topliss-reactive ketones (excluding diaryl/α,β-unsaturated/α-hetero) is 1. The summed E-state index contributed by atoms with van der Waals surface area (Å²) in [6.07, 6.45) is 5.82. The molecule has 1 aliphatic heterocycles. The van der Waals surface area contributed by atoms with Gasteiger partial charge in [0, 0.05) is 41.8 Å². The summed E-state index contributed by atoms with van der Waals surface area (Å²) >= 11 is 0. The molecule has 2 aromatic rings. The van der Waals surface area contributed by atoms with Crippen molar-refractivity contribution in [1.82, 2.24) is 9.97 Å². The maximum absolute atomic E-state index is 12.6. The summed E-state index contributed by atoms with van der Waals surface area (Å²) in [5.41, 5.74) is 3.71. The van der Waals surface area contributed by atoms with Crippen LogP contribution in [0.2, 0.25) is 0 Å². The molecule has 6 heteroatoms. The van der Waals surface area contributed by atoms with Crippen molar-refractivity contribution in [2.24, 2.45) is 0 Å². The van der Waals surface area contributed by atoms with E-state index in [0.29, 0.717) is 17.9 Å². The number of fused-ring (bicyclic) bond motifs is 1. The van der Waals surface area contributed by atoms with Gasteiger partial charge in [0.25, 0.3) is 0 Å². The third-order valence-electron chi connectivity index (χ3n) is 4.69. The number of allylic oxidation sites excluding steroid dienone is 2. The average molecular weight is 325 g/mol. The molecule has 1 atom stereocenters. The van der Waals surface area contributed by atoms with E-state index >= 15 is 0 Å². The number of aromatic nitrogens is 2. The predicted molar refractivity (Wildman–Crippen MR) is 89.5 cm³/mol. The fraction of sp³-hybridized carbons (Fsp3) is 0.333. The van der Waals surface area contributed by atoms with Crippen molar-refractivity contribution in [3.63, 3.8) is 0 Å². The minimum atomic E-state index is -0.209. The maximum Gasteiger partial charge on any atom is 0.162 e. The highest BCUT2D eigenvalue weighted by molar-refractivity contribution is 6.01. The molecule has 0 spiro atoms. The Balaban J connectivity index is 1.94. The molecule has 4 rings (SSSR count). The van der Waals surface area contributed by atoms with E-state index < -0.39 is 0 Å². The van der Waals surface area contributed by atoms with E-state index in [2.05, 4.69) is 15.3 Å². The van der Waals surface area contributed by atoms with Crippen LogP contribution in [0.4, 0.5) is 5.69 Å². The number of anilines is 1. The number of hydrogen-bond acceptors (Lipinski definition) is 5. The van der Waals surface area contributed by atoms with E-state index in [1.54, 1.807) is 26.6 Å². The summed E-state index contributed by atoms with van der Waals surface area (Å²) in [5.74, 6) is 2.05. The molecule has 0 radical (unpaired) electrons. The molecule has 1 aromatic heterocycles. The van der Waals surface area contributed by atoms with Gasteiger partial charge in [-0.1, -0.05) is 0 Å². The van der Waals surface area contributed by atoms with Crippen molar-refractivity contribution in [3.8, 4) is 11.5 Å². The van der Waals surface area contributed by atoms with Gasteiger partial charge in [0.15, 0.2) is 17.3 Å². The molecular formula is C18H19N3O3. The summed E-state index contributed by atoms with van der Waals surface area (Å²) in [4.78, 5) is 20.2. The molecule has 1 aromatic carbocycles. The van der Waals surface area contributed by atoms with Crippen LogP contribution in [-0.2, 0) is 4.79 Å². The normalized spacial score (nSPS) is 19.4. The van der Waals surface area contributed by atoms with Crippen molar-refractivity contribution in [3.05, 3.63) is 47.2 Å². The lowest BCUT2D eigenvalue weighted by Gasteiger charge is -2.33. The number of H-pyrrole nitrogens is 1. The Bertz CT molecular complexity index is 824. The zero-order valence-electron chi connectivity index (χ0n) is 13.7. The number of carbonyl (C=O) groups excluding carboxylic acids is 1. The highest BCUT2D eigenvalue weighted by Gasteiger charge is 2.37. The number of methoxy groups -OCH3 is 2. The first-order valence-electron chi connectivity index (χ1n) is 8.01. The van der Waals surface area contributed by atoms with Crippen LogP contribution in [0.5, 0.6) is 11.5 Å². The third-order valence-corrected chi connectivity index (χ3v) is 4.69. The first-order valence-corrected chi connectivity index (χ1v) is 8.01. The highest BCUT2D eigenvalue weighted by atomic mass is 16.5. The zero-order chi connectivity index (χ0) is 16.7. The number of nitrogens with zero attached hydrogens (tertiary/aromatic N) is 1. The fourth-order valence-corrected chi connectivity index (χ4v) is 3.61. The second-order valence-electron chi connectivity index (χ2n) is 6.00. The zero-order valence-corrected chi connectivity index (χ0v) is 13.7. The van der Waals surface area contributed by atoms with Crippen molar-refractivity contribution in [2.45, 2.75) is 25.2 Å². The van der Waals surface area contributed by atoms with E-state index in [4.69, 9.17) is 9.47 Å². The van der Waals surface area contributed by atoms with Gasteiger partial charge in [-0.25, -0.2) is 4.98 Å². The van der Waals surface area contributed by atoms with E-state index in [-0.39, 0.29) is 11.7 Å². The molecule has 1 aliphatic carbocycles. The van der Waals surface area contributed by atoms with Gasteiger partial charge >= 0.3 is 0 Å². The number of aromatic amines is 1. The van der Waals surface area contributed by atoms with Gasteiger partial charge in [-0.05, 0) is 24.5 Å². The Morgan fingerprint density at radius 1 is 1.17 bits per heavy atom. The number of carbonyl (C=O) groups is 1. The number of ketones is 1. The number of rotatable bonds is 3. The van der Waals surface area contributed by atoms with Crippen molar-refractivity contribution in [2.75, 3.05) is 19.5 Å². The molecule has 0 bridgehead atoms. The Kier molecular flexibility index (Phi) is 3.52. The minimum absolute atomic E-state index is 0.186. The molecule has 2 heterocycles. The summed E-state index contributed by atoms with van der Waals surface area (Å²) < 4.78 is 10.9. The first-order chi connectivity index (χ1) is 11.7. The van der Waals surface area contributed by atoms with Crippen molar-refractivity contribution >= 4 is 11.5 Å². The molecule has 6 nitrogen and oxygen atoms in total. The number of benzene rings is 1. The second-order valence-corrected chi connectivity index (χ2v) is 6.00. The Hall–Kier alpha value is -2.76. The standard InChI is InChI=1S/C18H19N3O3/c1-23-14-8-10-12(9-15(14)24-2)21-11-4-3-5-13(22)17(11)16(10)18-19-6-7-20-18/h6-9,16,21H,3-5H2,1-2H3,(H,19,20)/t16-/m1/s1. The van der Waals surface area contributed by atoms with Gasteiger partial charge in [0.1, 0.15) is 5.82 Å². The summed E-state index contributed by atoms with van der Waals surface area (Å²) in [5, 5.41) is 3.43. The smallest absolute Gasteiger partial charge is 0.162 e. The van der Waals surface area contributed by atoms with E-state index in [1.165, 1.54) is 0 Å². The van der Waals surface area contributed by atoms with Crippen LogP contribution in [0.3, 0.4) is 0 Å². The molecule has 24 heavy (non-hydrogen) atoms. The molecule has 2 N–H and O–H groups in total. The molecule has 0 amide bonds. The average Bonchev–Trinajstić information content (AvgIpc) is 3.13. The van der Waals surface area contributed by atoms with Crippen LogP contribution in [-0.4, -0.2) is 30.0 Å². The molecule has 0 unspecified atom stereocenters. The van der Waals surface area contributed by atoms with Crippen LogP contribution in [0.25, 0.3) is 0 Å². The number of hydrogen-bond donors (Lipinski definition) is 2. The Labute approximate surface area is 139 Å². The first kappa shape index (κ1) is 14.8. The monoisotopic (exact) mass is 325 g/mol. The largest absolute Gasteiger partial charge is 0.493 e. The van der Waals surface area contributed by atoms with Crippen LogP contribution in [0.1, 0.15) is 36.6 Å². The molecule has 0 fully saturated rings. The van der Waals surface area contributed by atoms with Gasteiger partial charge in [0.2, 0.25) is 0 Å². The second kappa shape index (κ2) is 5.70. The van der Waals surface area contributed by atoms with Gasteiger partial charge in [0.05, 0.1) is 20.1 Å². The number of nitrogens with one attached hydrogen (secondary N) is 2. The third kappa shape index (κ3) is 2.18. The van der Waals surface area contributed by atoms with E-state index in [0.717, 1.165) is 41.2 Å². The van der Waals surface area contributed by atoms with Crippen LogP contribution in [0.15, 0.2) is 35.8 Å². The summed E-state index contributed by atoms with van der Waals surface area (Å²) in [6, 6.07) is 3.85. The molecule has 0 saturated heterocycles. The number of imidazole rings is 1. The lowest BCUT2D eigenvalue weighted by Crippen LogP contribution is -2.27. The summed E-state index contributed by atoms with van der Waals surface area (Å²) in [6.45, 7) is 0. The van der Waals surface area contributed by atoms with Crippen LogP contribution >= 0.6 is 0 Å². The topological polar surface area (TPSA) is 76.2 Å². The lowest BCUT2D eigenvalue weighted by molar-refractivity contribution is -0.116. The minimum Gasteiger partial charge on any atom is -0.493 e. The fourth-order valence-electron chi connectivity index (χ4n) is 3.61. The van der Waals surface area contributed by atoms with Gasteiger partial charge in [-0.3, -0.25) is 4.79 Å². The SMILES string of the molecule is COc1cc2c(cc1OC)[C@@H](c1ncc[nH]1)C1=C(CCCC1=O)N2. The van der Waals surface area contributed by atoms with E-state index in [1.807, 2.05) is 12.1 Å². The quantitative estimate of drug-likeness (QED) is 0.907. The van der Waals surface area contributed by atoms with Gasteiger partial charge in [-0.15, -0.1) is 0 Å². The van der Waals surface area contributed by atoms with Gasteiger partial charge < -0.3 is 19.8 Å². The van der Waals surface area contributed by atoms with Crippen LogP contribution in [0, 0.1) is 0 Å². The lowest BCUT2D eigenvalue weighted by atomic mass is 9.78. The predicted octanol–water partition coefficient (Wildman–Crippen LogP) is 2.99. The highest BCUT2D eigenvalue weighted by Crippen LogP contribution is 2.47. The number of ether oxygens (including phenoxy) is 2.